The highest BCUT2D eigenvalue weighted by Gasteiger charge is 2.29. The van der Waals surface area contributed by atoms with Gasteiger partial charge in [-0.15, -0.1) is 0 Å². The first-order valence-corrected chi connectivity index (χ1v) is 8.48. The van der Waals surface area contributed by atoms with Crippen LogP contribution in [-0.4, -0.2) is 36.1 Å². The van der Waals surface area contributed by atoms with E-state index in [2.05, 4.69) is 72.5 Å². The standard InChI is InChI=1S/C18H40N2/c1-10-11-18(9,13-19-17(6,7)8)14-20(16(4)5)12-15(2)3/h15-16,19H,10-14H2,1-9H3. The molecule has 0 fully saturated rings. The van der Waals surface area contributed by atoms with E-state index in [1.807, 2.05) is 0 Å². The number of rotatable bonds is 9. The second kappa shape index (κ2) is 8.38. The van der Waals surface area contributed by atoms with Crippen molar-refractivity contribution in [3.8, 4) is 0 Å². The highest BCUT2D eigenvalue weighted by molar-refractivity contribution is 4.85. The zero-order chi connectivity index (χ0) is 16.0. The van der Waals surface area contributed by atoms with Crippen LogP contribution in [0.25, 0.3) is 0 Å². The van der Waals surface area contributed by atoms with E-state index in [0.717, 1.165) is 12.5 Å². The van der Waals surface area contributed by atoms with Gasteiger partial charge < -0.3 is 10.2 Å². The predicted molar refractivity (Wildman–Crippen MR) is 92.3 cm³/mol. The molecule has 2 nitrogen and oxygen atoms in total. The Balaban J connectivity index is 4.76. The van der Waals surface area contributed by atoms with Crippen molar-refractivity contribution in [2.45, 2.75) is 86.7 Å². The maximum Gasteiger partial charge on any atom is 0.00967 e. The van der Waals surface area contributed by atoms with Crippen molar-refractivity contribution in [3.05, 3.63) is 0 Å². The lowest BCUT2D eigenvalue weighted by atomic mass is 9.83. The quantitative estimate of drug-likeness (QED) is 0.668. The Hall–Kier alpha value is -0.0800. The smallest absolute Gasteiger partial charge is 0.00967 e. The molecule has 0 heterocycles. The minimum Gasteiger partial charge on any atom is -0.311 e. The first-order chi connectivity index (χ1) is 8.99. The number of nitrogens with one attached hydrogen (secondary N) is 1. The third kappa shape index (κ3) is 8.97. The Morgan fingerprint density at radius 2 is 1.55 bits per heavy atom. The van der Waals surface area contributed by atoms with Gasteiger partial charge in [-0.1, -0.05) is 34.1 Å². The number of hydrogen-bond acceptors (Lipinski definition) is 2. The molecule has 1 atom stereocenters. The molecule has 2 heteroatoms. The predicted octanol–water partition coefficient (Wildman–Crippen LogP) is 4.55. The summed E-state index contributed by atoms with van der Waals surface area (Å²) in [4.78, 5) is 2.66. The van der Waals surface area contributed by atoms with Crippen molar-refractivity contribution >= 4 is 0 Å². The Bertz CT molecular complexity index is 253. The van der Waals surface area contributed by atoms with E-state index in [4.69, 9.17) is 0 Å². The summed E-state index contributed by atoms with van der Waals surface area (Å²) < 4.78 is 0. The fourth-order valence-electron chi connectivity index (χ4n) is 2.72. The summed E-state index contributed by atoms with van der Waals surface area (Å²) >= 11 is 0. The molecule has 20 heavy (non-hydrogen) atoms. The molecule has 0 saturated carbocycles. The van der Waals surface area contributed by atoms with Gasteiger partial charge in [0.25, 0.3) is 0 Å². The van der Waals surface area contributed by atoms with Gasteiger partial charge in [-0.2, -0.15) is 0 Å². The van der Waals surface area contributed by atoms with Crippen LogP contribution in [0, 0.1) is 11.3 Å². The molecule has 0 amide bonds. The molecule has 0 saturated heterocycles. The number of hydrogen-bond donors (Lipinski definition) is 1. The van der Waals surface area contributed by atoms with Crippen LogP contribution in [-0.2, 0) is 0 Å². The van der Waals surface area contributed by atoms with Crippen molar-refractivity contribution in [2.24, 2.45) is 11.3 Å². The number of nitrogens with zero attached hydrogens (tertiary/aromatic N) is 1. The molecule has 1 unspecified atom stereocenters. The molecular weight excluding hydrogens is 244 g/mol. The van der Waals surface area contributed by atoms with Crippen molar-refractivity contribution in [1.82, 2.24) is 10.2 Å². The van der Waals surface area contributed by atoms with E-state index in [1.165, 1.54) is 25.9 Å². The molecule has 0 aromatic rings. The first-order valence-electron chi connectivity index (χ1n) is 8.48. The largest absolute Gasteiger partial charge is 0.311 e. The Kier molecular flexibility index (Phi) is 8.35. The van der Waals surface area contributed by atoms with Gasteiger partial charge in [0.1, 0.15) is 0 Å². The Labute approximate surface area is 128 Å². The fraction of sp³-hybridized carbons (Fsp3) is 1.00. The lowest BCUT2D eigenvalue weighted by Crippen LogP contribution is -2.49. The maximum absolute atomic E-state index is 3.72. The van der Waals surface area contributed by atoms with Gasteiger partial charge in [0, 0.05) is 31.2 Å². The molecule has 0 aliphatic rings. The lowest BCUT2D eigenvalue weighted by molar-refractivity contribution is 0.105. The normalized spacial score (nSPS) is 16.2. The van der Waals surface area contributed by atoms with E-state index in [-0.39, 0.29) is 5.54 Å². The van der Waals surface area contributed by atoms with Crippen LogP contribution in [0.1, 0.15) is 75.2 Å². The molecule has 0 aromatic carbocycles. The molecule has 1 N–H and O–H groups in total. The van der Waals surface area contributed by atoms with E-state index < -0.39 is 0 Å². The van der Waals surface area contributed by atoms with Crippen LogP contribution in [0.5, 0.6) is 0 Å². The van der Waals surface area contributed by atoms with Crippen LogP contribution < -0.4 is 5.32 Å². The van der Waals surface area contributed by atoms with Gasteiger partial charge in [0.05, 0.1) is 0 Å². The van der Waals surface area contributed by atoms with Gasteiger partial charge in [0.15, 0.2) is 0 Å². The molecule has 0 bridgehead atoms. The van der Waals surface area contributed by atoms with Crippen LogP contribution in [0.15, 0.2) is 0 Å². The molecule has 0 rings (SSSR count). The van der Waals surface area contributed by atoms with Crippen LogP contribution in [0.4, 0.5) is 0 Å². The van der Waals surface area contributed by atoms with E-state index >= 15 is 0 Å². The van der Waals surface area contributed by atoms with Gasteiger partial charge in [0.2, 0.25) is 0 Å². The summed E-state index contributed by atoms with van der Waals surface area (Å²) in [6.45, 7) is 24.3. The molecule has 0 radical (unpaired) electrons. The third-order valence-corrected chi connectivity index (χ3v) is 3.81. The van der Waals surface area contributed by atoms with Gasteiger partial charge in [-0.3, -0.25) is 0 Å². The summed E-state index contributed by atoms with van der Waals surface area (Å²) in [6.07, 6.45) is 2.55. The topological polar surface area (TPSA) is 15.3 Å². The minimum absolute atomic E-state index is 0.204. The van der Waals surface area contributed by atoms with E-state index in [9.17, 15) is 0 Å². The van der Waals surface area contributed by atoms with Crippen molar-refractivity contribution in [2.75, 3.05) is 19.6 Å². The highest BCUT2D eigenvalue weighted by atomic mass is 15.2. The Morgan fingerprint density at radius 1 is 1.00 bits per heavy atom. The molecule has 0 aromatic heterocycles. The summed E-state index contributed by atoms with van der Waals surface area (Å²) in [6, 6.07) is 0.628. The SMILES string of the molecule is CCCC(C)(CNC(C)(C)C)CN(CC(C)C)C(C)C. The summed E-state index contributed by atoms with van der Waals surface area (Å²) in [7, 11) is 0. The molecule has 0 spiro atoms. The molecule has 0 aliphatic heterocycles. The monoisotopic (exact) mass is 284 g/mol. The van der Waals surface area contributed by atoms with Crippen LogP contribution in [0.3, 0.4) is 0 Å². The second-order valence-electron chi connectivity index (χ2n) is 8.58. The maximum atomic E-state index is 3.72. The fourth-order valence-corrected chi connectivity index (χ4v) is 2.72. The minimum atomic E-state index is 0.204. The van der Waals surface area contributed by atoms with Crippen LogP contribution >= 0.6 is 0 Å². The zero-order valence-corrected chi connectivity index (χ0v) is 15.6. The van der Waals surface area contributed by atoms with E-state index in [1.54, 1.807) is 0 Å². The molecule has 0 aliphatic carbocycles. The summed E-state index contributed by atoms with van der Waals surface area (Å²) in [5.74, 6) is 0.735. The third-order valence-electron chi connectivity index (χ3n) is 3.81. The van der Waals surface area contributed by atoms with Crippen LogP contribution in [0.2, 0.25) is 0 Å². The molecule has 122 valence electrons. The average Bonchev–Trinajstić information content (AvgIpc) is 2.24. The van der Waals surface area contributed by atoms with E-state index in [0.29, 0.717) is 11.5 Å². The highest BCUT2D eigenvalue weighted by Crippen LogP contribution is 2.26. The van der Waals surface area contributed by atoms with Gasteiger partial charge >= 0.3 is 0 Å². The zero-order valence-electron chi connectivity index (χ0n) is 15.6. The summed E-state index contributed by atoms with van der Waals surface area (Å²) in [5.41, 5.74) is 0.566. The summed E-state index contributed by atoms with van der Waals surface area (Å²) in [5, 5.41) is 3.72. The lowest BCUT2D eigenvalue weighted by Gasteiger charge is -2.40. The van der Waals surface area contributed by atoms with Gasteiger partial charge in [-0.25, -0.2) is 0 Å². The van der Waals surface area contributed by atoms with Gasteiger partial charge in [-0.05, 0) is 52.4 Å². The molecular formula is C18H40N2. The van der Waals surface area contributed by atoms with Crippen molar-refractivity contribution < 1.29 is 0 Å². The van der Waals surface area contributed by atoms with Crippen molar-refractivity contribution in [1.29, 1.82) is 0 Å². The average molecular weight is 285 g/mol. The van der Waals surface area contributed by atoms with Crippen molar-refractivity contribution in [3.63, 3.8) is 0 Å². The first kappa shape index (κ1) is 19.9. The Morgan fingerprint density at radius 3 is 1.90 bits per heavy atom. The second-order valence-corrected chi connectivity index (χ2v) is 8.58.